The zero-order chi connectivity index (χ0) is 13.7. The Bertz CT molecular complexity index is 373. The highest BCUT2D eigenvalue weighted by Crippen LogP contribution is 2.45. The summed E-state index contributed by atoms with van der Waals surface area (Å²) in [4.78, 5) is 0. The van der Waals surface area contributed by atoms with Crippen LogP contribution in [0, 0.1) is 5.41 Å². The molecule has 1 aromatic rings. The van der Waals surface area contributed by atoms with Gasteiger partial charge in [0.15, 0.2) is 0 Å². The van der Waals surface area contributed by atoms with Crippen molar-refractivity contribution < 1.29 is 0 Å². The largest absolute Gasteiger partial charge is 0.310 e. The standard InChI is InChI=1S/C18H29N/c1-4-15-9-11-16(12-10-15)17(19-5-2)18(3)13-7-6-8-14-18/h9-12,17,19H,4-8,13-14H2,1-3H3. The van der Waals surface area contributed by atoms with Crippen molar-refractivity contribution in [1.82, 2.24) is 5.32 Å². The van der Waals surface area contributed by atoms with E-state index in [4.69, 9.17) is 0 Å². The molecule has 1 aliphatic carbocycles. The second kappa shape index (κ2) is 6.56. The van der Waals surface area contributed by atoms with Crippen LogP contribution in [0.5, 0.6) is 0 Å². The Balaban J connectivity index is 2.22. The van der Waals surface area contributed by atoms with Crippen molar-refractivity contribution in [3.05, 3.63) is 35.4 Å². The fourth-order valence-corrected chi connectivity index (χ4v) is 3.56. The average Bonchev–Trinajstić information content (AvgIpc) is 2.45. The number of nitrogens with one attached hydrogen (secondary N) is 1. The molecule has 1 heteroatoms. The van der Waals surface area contributed by atoms with Crippen LogP contribution in [0.2, 0.25) is 0 Å². The summed E-state index contributed by atoms with van der Waals surface area (Å²) < 4.78 is 0. The summed E-state index contributed by atoms with van der Waals surface area (Å²) in [6, 6.07) is 9.79. The summed E-state index contributed by atoms with van der Waals surface area (Å²) in [5.41, 5.74) is 3.35. The van der Waals surface area contributed by atoms with Gasteiger partial charge in [0.2, 0.25) is 0 Å². The van der Waals surface area contributed by atoms with E-state index in [-0.39, 0.29) is 0 Å². The topological polar surface area (TPSA) is 12.0 Å². The molecule has 1 aromatic carbocycles. The minimum absolute atomic E-state index is 0.433. The van der Waals surface area contributed by atoms with Gasteiger partial charge in [-0.15, -0.1) is 0 Å². The van der Waals surface area contributed by atoms with Gasteiger partial charge in [-0.3, -0.25) is 0 Å². The van der Waals surface area contributed by atoms with Gasteiger partial charge in [-0.05, 0) is 42.3 Å². The first-order valence-corrected chi connectivity index (χ1v) is 8.02. The fraction of sp³-hybridized carbons (Fsp3) is 0.667. The molecule has 0 bridgehead atoms. The number of hydrogen-bond donors (Lipinski definition) is 1. The van der Waals surface area contributed by atoms with Crippen LogP contribution in [0.1, 0.15) is 70.0 Å². The number of rotatable bonds is 5. The van der Waals surface area contributed by atoms with Gasteiger partial charge in [0.05, 0.1) is 0 Å². The van der Waals surface area contributed by atoms with Gasteiger partial charge in [-0.1, -0.05) is 64.3 Å². The Morgan fingerprint density at radius 1 is 1.05 bits per heavy atom. The van der Waals surface area contributed by atoms with E-state index >= 15 is 0 Å². The summed E-state index contributed by atoms with van der Waals surface area (Å²) >= 11 is 0. The molecule has 1 fully saturated rings. The molecule has 1 atom stereocenters. The van der Waals surface area contributed by atoms with E-state index in [1.807, 2.05) is 0 Å². The monoisotopic (exact) mass is 259 g/mol. The Labute approximate surface area is 118 Å². The summed E-state index contributed by atoms with van der Waals surface area (Å²) in [5.74, 6) is 0. The Hall–Kier alpha value is -0.820. The Morgan fingerprint density at radius 3 is 2.21 bits per heavy atom. The number of hydrogen-bond acceptors (Lipinski definition) is 1. The van der Waals surface area contributed by atoms with E-state index in [0.717, 1.165) is 13.0 Å². The van der Waals surface area contributed by atoms with Gasteiger partial charge in [0.25, 0.3) is 0 Å². The van der Waals surface area contributed by atoms with Gasteiger partial charge >= 0.3 is 0 Å². The smallest absolute Gasteiger partial charge is 0.0374 e. The minimum atomic E-state index is 0.433. The lowest BCUT2D eigenvalue weighted by Gasteiger charge is -2.41. The third kappa shape index (κ3) is 3.39. The molecule has 1 nitrogen and oxygen atoms in total. The van der Waals surface area contributed by atoms with E-state index in [0.29, 0.717) is 11.5 Å². The van der Waals surface area contributed by atoms with Crippen molar-refractivity contribution in [3.63, 3.8) is 0 Å². The SMILES string of the molecule is CCNC(c1ccc(CC)cc1)C1(C)CCCCC1. The molecule has 1 aliphatic rings. The third-order valence-electron chi connectivity index (χ3n) is 4.82. The highest BCUT2D eigenvalue weighted by Gasteiger charge is 2.35. The summed E-state index contributed by atoms with van der Waals surface area (Å²) in [6.07, 6.45) is 8.06. The average molecular weight is 259 g/mol. The highest BCUT2D eigenvalue weighted by molar-refractivity contribution is 5.26. The van der Waals surface area contributed by atoms with E-state index < -0.39 is 0 Å². The minimum Gasteiger partial charge on any atom is -0.310 e. The van der Waals surface area contributed by atoms with Crippen LogP contribution in [0.4, 0.5) is 0 Å². The first-order chi connectivity index (χ1) is 9.19. The van der Waals surface area contributed by atoms with Crippen LogP contribution in [-0.4, -0.2) is 6.54 Å². The van der Waals surface area contributed by atoms with Crippen LogP contribution in [0.25, 0.3) is 0 Å². The molecule has 2 rings (SSSR count). The maximum atomic E-state index is 3.75. The first kappa shape index (κ1) is 14.6. The Kier molecular flexibility index (Phi) is 5.04. The van der Waals surface area contributed by atoms with Gasteiger partial charge < -0.3 is 5.32 Å². The van der Waals surface area contributed by atoms with Crippen LogP contribution in [0.15, 0.2) is 24.3 Å². The molecule has 19 heavy (non-hydrogen) atoms. The number of aryl methyl sites for hydroxylation is 1. The molecular weight excluding hydrogens is 230 g/mol. The van der Waals surface area contributed by atoms with Crippen molar-refractivity contribution in [2.75, 3.05) is 6.54 Å². The molecule has 1 N–H and O–H groups in total. The first-order valence-electron chi connectivity index (χ1n) is 8.02. The maximum Gasteiger partial charge on any atom is 0.0374 e. The predicted octanol–water partition coefficient (Wildman–Crippen LogP) is 4.87. The molecule has 0 radical (unpaired) electrons. The van der Waals surface area contributed by atoms with Crippen molar-refractivity contribution >= 4 is 0 Å². The lowest BCUT2D eigenvalue weighted by Crippen LogP contribution is -2.37. The Morgan fingerprint density at radius 2 is 1.68 bits per heavy atom. The summed E-state index contributed by atoms with van der Waals surface area (Å²) in [5, 5.41) is 3.75. The quantitative estimate of drug-likeness (QED) is 0.795. The molecule has 0 amide bonds. The van der Waals surface area contributed by atoms with Gasteiger partial charge in [-0.2, -0.15) is 0 Å². The third-order valence-corrected chi connectivity index (χ3v) is 4.82. The highest BCUT2D eigenvalue weighted by atomic mass is 14.9. The number of benzene rings is 1. The molecule has 106 valence electrons. The van der Waals surface area contributed by atoms with E-state index in [1.54, 1.807) is 0 Å². The molecule has 0 saturated heterocycles. The van der Waals surface area contributed by atoms with Crippen molar-refractivity contribution in [1.29, 1.82) is 0 Å². The van der Waals surface area contributed by atoms with Gasteiger partial charge in [0.1, 0.15) is 0 Å². The van der Waals surface area contributed by atoms with E-state index in [2.05, 4.69) is 50.4 Å². The molecule has 1 saturated carbocycles. The molecule has 0 aromatic heterocycles. The van der Waals surface area contributed by atoms with E-state index in [1.165, 1.54) is 43.2 Å². The lowest BCUT2D eigenvalue weighted by molar-refractivity contribution is 0.146. The molecular formula is C18H29N. The molecule has 0 heterocycles. The maximum absolute atomic E-state index is 3.75. The fourth-order valence-electron chi connectivity index (χ4n) is 3.56. The van der Waals surface area contributed by atoms with Gasteiger partial charge in [-0.25, -0.2) is 0 Å². The van der Waals surface area contributed by atoms with Crippen LogP contribution >= 0.6 is 0 Å². The predicted molar refractivity (Wildman–Crippen MR) is 83.4 cm³/mol. The zero-order valence-corrected chi connectivity index (χ0v) is 12.8. The van der Waals surface area contributed by atoms with Crippen molar-refractivity contribution in [2.45, 2.75) is 65.3 Å². The summed E-state index contributed by atoms with van der Waals surface area (Å²) in [6.45, 7) is 7.97. The lowest BCUT2D eigenvalue weighted by atomic mass is 9.68. The van der Waals surface area contributed by atoms with Crippen molar-refractivity contribution in [2.24, 2.45) is 5.41 Å². The summed E-state index contributed by atoms with van der Waals surface area (Å²) in [7, 11) is 0. The van der Waals surface area contributed by atoms with Crippen LogP contribution in [-0.2, 0) is 6.42 Å². The van der Waals surface area contributed by atoms with Gasteiger partial charge in [0, 0.05) is 6.04 Å². The van der Waals surface area contributed by atoms with Crippen LogP contribution in [0.3, 0.4) is 0 Å². The molecule has 0 spiro atoms. The van der Waals surface area contributed by atoms with E-state index in [9.17, 15) is 0 Å². The van der Waals surface area contributed by atoms with Crippen molar-refractivity contribution in [3.8, 4) is 0 Å². The molecule has 1 unspecified atom stereocenters. The molecule has 0 aliphatic heterocycles. The second-order valence-electron chi connectivity index (χ2n) is 6.30. The zero-order valence-electron chi connectivity index (χ0n) is 12.8. The normalized spacial score (nSPS) is 20.2. The van der Waals surface area contributed by atoms with Crippen LogP contribution < -0.4 is 5.32 Å². The second-order valence-corrected chi connectivity index (χ2v) is 6.30.